The van der Waals surface area contributed by atoms with Crippen molar-refractivity contribution < 1.29 is 19.8 Å². The highest BCUT2D eigenvalue weighted by molar-refractivity contribution is 6.13. The van der Waals surface area contributed by atoms with E-state index in [1.807, 2.05) is 13.8 Å². The zero-order valence-electron chi connectivity index (χ0n) is 16.3. The zero-order valence-corrected chi connectivity index (χ0v) is 16.3. The van der Waals surface area contributed by atoms with E-state index in [0.717, 1.165) is 38.5 Å². The van der Waals surface area contributed by atoms with Crippen LogP contribution in [0.4, 0.5) is 0 Å². The first-order valence-electron chi connectivity index (χ1n) is 9.31. The molecule has 0 heterocycles. The molecule has 0 fully saturated rings. The van der Waals surface area contributed by atoms with Crippen molar-refractivity contribution in [3.05, 3.63) is 11.1 Å². The van der Waals surface area contributed by atoms with Crippen LogP contribution in [0.15, 0.2) is 11.1 Å². The van der Waals surface area contributed by atoms with Crippen LogP contribution < -0.4 is 0 Å². The lowest BCUT2D eigenvalue weighted by molar-refractivity contribution is -0.140. The lowest BCUT2D eigenvalue weighted by atomic mass is 9.64. The summed E-state index contributed by atoms with van der Waals surface area (Å²) in [5.74, 6) is -2.00. The lowest BCUT2D eigenvalue weighted by Crippen LogP contribution is -2.31. The van der Waals surface area contributed by atoms with Gasteiger partial charge < -0.3 is 10.2 Å². The van der Waals surface area contributed by atoms with Gasteiger partial charge in [0.1, 0.15) is 5.57 Å². The first-order valence-corrected chi connectivity index (χ1v) is 9.31. The molecule has 4 nitrogen and oxygen atoms in total. The topological polar surface area (TPSA) is 74.6 Å². The predicted octanol–water partition coefficient (Wildman–Crippen LogP) is 5.52. The number of hydrogen-bond acceptors (Lipinski definition) is 2. The van der Waals surface area contributed by atoms with E-state index >= 15 is 0 Å². The molecule has 1 atom stereocenters. The van der Waals surface area contributed by atoms with Gasteiger partial charge in [-0.25, -0.2) is 9.59 Å². The van der Waals surface area contributed by atoms with Crippen LogP contribution in [0.25, 0.3) is 0 Å². The fourth-order valence-electron chi connectivity index (χ4n) is 3.87. The number of hydrogen-bond donors (Lipinski definition) is 2. The Morgan fingerprint density at radius 3 is 1.75 bits per heavy atom. The third-order valence-electron chi connectivity index (χ3n) is 4.52. The van der Waals surface area contributed by atoms with Gasteiger partial charge in [-0.15, -0.1) is 0 Å². The highest BCUT2D eigenvalue weighted by Crippen LogP contribution is 2.47. The molecule has 0 rings (SSSR count). The average Bonchev–Trinajstić information content (AvgIpc) is 2.42. The predicted molar refractivity (Wildman–Crippen MR) is 98.1 cm³/mol. The number of carboxylic acid groups (broad SMARTS) is 2. The quantitative estimate of drug-likeness (QED) is 0.278. The van der Waals surface area contributed by atoms with Gasteiger partial charge in [0, 0.05) is 0 Å². The van der Waals surface area contributed by atoms with E-state index in [9.17, 15) is 19.8 Å². The minimum atomic E-state index is -1.31. The smallest absolute Gasteiger partial charge is 0.343 e. The maximum atomic E-state index is 11.7. The van der Waals surface area contributed by atoms with E-state index < -0.39 is 17.5 Å². The Kier molecular flexibility index (Phi) is 9.95. The number of rotatable bonds is 12. The van der Waals surface area contributed by atoms with Crippen LogP contribution >= 0.6 is 0 Å². The van der Waals surface area contributed by atoms with Gasteiger partial charge in [0.25, 0.3) is 0 Å². The van der Waals surface area contributed by atoms with Crippen molar-refractivity contribution in [3.8, 4) is 0 Å². The van der Waals surface area contributed by atoms with Gasteiger partial charge in [0.05, 0.1) is 0 Å². The third-order valence-corrected chi connectivity index (χ3v) is 4.52. The Labute approximate surface area is 147 Å². The van der Waals surface area contributed by atoms with Crippen LogP contribution in [0.2, 0.25) is 0 Å². The Bertz CT molecular complexity index is 433. The van der Waals surface area contributed by atoms with Gasteiger partial charge in [-0.3, -0.25) is 0 Å². The van der Waals surface area contributed by atoms with E-state index in [4.69, 9.17) is 0 Å². The Hall–Kier alpha value is -1.32. The van der Waals surface area contributed by atoms with Crippen molar-refractivity contribution in [2.75, 3.05) is 0 Å². The maximum absolute atomic E-state index is 11.7. The summed E-state index contributed by atoms with van der Waals surface area (Å²) in [6.07, 6.45) is 6.01. The summed E-state index contributed by atoms with van der Waals surface area (Å²) in [5.41, 5.74) is -0.0645. The summed E-state index contributed by atoms with van der Waals surface area (Å²) in [6.45, 7) is 12.5. The molecular weight excluding hydrogens is 304 g/mol. The number of aliphatic carboxylic acids is 2. The maximum Gasteiger partial charge on any atom is 0.343 e. The summed E-state index contributed by atoms with van der Waals surface area (Å²) in [4.78, 5) is 23.5. The zero-order chi connectivity index (χ0) is 18.9. The molecule has 1 unspecified atom stereocenters. The van der Waals surface area contributed by atoms with Crippen molar-refractivity contribution >= 4 is 11.9 Å². The van der Waals surface area contributed by atoms with Crippen molar-refractivity contribution in [1.82, 2.24) is 0 Å². The minimum Gasteiger partial charge on any atom is -0.477 e. The number of carbonyl (C=O) groups is 2. The molecule has 2 N–H and O–H groups in total. The minimum absolute atomic E-state index is 0.221. The van der Waals surface area contributed by atoms with Crippen LogP contribution in [0, 0.1) is 17.3 Å². The van der Waals surface area contributed by atoms with Gasteiger partial charge in [-0.1, -0.05) is 60.8 Å². The molecule has 0 aromatic heterocycles. The number of allylic oxidation sites excluding steroid dienone is 1. The fourth-order valence-corrected chi connectivity index (χ4v) is 3.87. The molecule has 0 saturated carbocycles. The molecule has 0 aliphatic rings. The fraction of sp³-hybridized carbons (Fsp3) is 0.800. The molecule has 0 bridgehead atoms. The highest BCUT2D eigenvalue weighted by Gasteiger charge is 2.39. The van der Waals surface area contributed by atoms with E-state index in [-0.39, 0.29) is 11.3 Å². The molecule has 0 aliphatic heterocycles. The first kappa shape index (κ1) is 22.7. The van der Waals surface area contributed by atoms with Crippen molar-refractivity contribution in [2.45, 2.75) is 86.5 Å². The molecule has 0 aliphatic carbocycles. The third kappa shape index (κ3) is 6.66. The first-order chi connectivity index (χ1) is 11.1. The van der Waals surface area contributed by atoms with E-state index in [1.54, 1.807) is 0 Å². The number of unbranched alkanes of at least 4 members (excludes halogenated alkanes) is 1. The van der Waals surface area contributed by atoms with Crippen LogP contribution in [-0.4, -0.2) is 22.2 Å². The van der Waals surface area contributed by atoms with E-state index in [1.165, 1.54) is 0 Å². The van der Waals surface area contributed by atoms with Crippen LogP contribution in [-0.2, 0) is 9.59 Å². The highest BCUT2D eigenvalue weighted by atomic mass is 16.4. The van der Waals surface area contributed by atoms with Crippen molar-refractivity contribution in [3.63, 3.8) is 0 Å². The lowest BCUT2D eigenvalue weighted by Gasteiger charge is -2.39. The molecular formula is C20H36O4. The molecule has 0 radical (unpaired) electrons. The standard InChI is InChI=1S/C20H36O4/c1-7-9-11-20(10-8-2,13-15(5)6)16(12-14(3)4)17(18(21)22)19(23)24/h14-15H,7-13H2,1-6H3,(H,21,22)(H,23,24). The monoisotopic (exact) mass is 340 g/mol. The molecule has 0 amide bonds. The van der Waals surface area contributed by atoms with Gasteiger partial charge >= 0.3 is 11.9 Å². The van der Waals surface area contributed by atoms with Crippen molar-refractivity contribution in [1.29, 1.82) is 0 Å². The van der Waals surface area contributed by atoms with Crippen LogP contribution in [0.5, 0.6) is 0 Å². The SMILES string of the molecule is CCCCC(CCC)(CC(C)C)C(CC(C)C)=C(C(=O)O)C(=O)O. The largest absolute Gasteiger partial charge is 0.477 e. The summed E-state index contributed by atoms with van der Waals surface area (Å²) in [6, 6.07) is 0. The molecule has 24 heavy (non-hydrogen) atoms. The van der Waals surface area contributed by atoms with E-state index in [2.05, 4.69) is 27.7 Å². The number of carboxylic acids is 2. The van der Waals surface area contributed by atoms with Gasteiger partial charge in [-0.05, 0) is 48.5 Å². The normalized spacial score (nSPS) is 13.8. The summed E-state index contributed by atoms with van der Waals surface area (Å²) in [7, 11) is 0. The second-order valence-electron chi connectivity index (χ2n) is 7.79. The summed E-state index contributed by atoms with van der Waals surface area (Å²) >= 11 is 0. The molecule has 4 heteroatoms. The molecule has 0 saturated heterocycles. The molecule has 0 aromatic carbocycles. The molecule has 0 aromatic rings. The van der Waals surface area contributed by atoms with Crippen molar-refractivity contribution in [2.24, 2.45) is 17.3 Å². The van der Waals surface area contributed by atoms with Crippen LogP contribution in [0.1, 0.15) is 86.5 Å². The summed E-state index contributed by atoms with van der Waals surface area (Å²) < 4.78 is 0. The van der Waals surface area contributed by atoms with Gasteiger partial charge in [0.15, 0.2) is 0 Å². The summed E-state index contributed by atoms with van der Waals surface area (Å²) in [5, 5.41) is 19.2. The second kappa shape index (κ2) is 10.5. The molecule has 140 valence electrons. The van der Waals surface area contributed by atoms with E-state index in [0.29, 0.717) is 17.9 Å². The second-order valence-corrected chi connectivity index (χ2v) is 7.79. The van der Waals surface area contributed by atoms with Gasteiger partial charge in [-0.2, -0.15) is 0 Å². The van der Waals surface area contributed by atoms with Crippen LogP contribution in [0.3, 0.4) is 0 Å². The Morgan fingerprint density at radius 2 is 1.42 bits per heavy atom. The average molecular weight is 341 g/mol. The Balaban J connectivity index is 6.45. The Morgan fingerprint density at radius 1 is 0.875 bits per heavy atom. The molecule has 0 spiro atoms. The van der Waals surface area contributed by atoms with Gasteiger partial charge in [0.2, 0.25) is 0 Å².